The van der Waals surface area contributed by atoms with Crippen LogP contribution < -0.4 is 15.4 Å². The number of methoxy groups -OCH3 is 1. The molecule has 0 bridgehead atoms. The zero-order valence-corrected chi connectivity index (χ0v) is 16.6. The molecule has 0 fully saturated rings. The van der Waals surface area contributed by atoms with Gasteiger partial charge in [-0.2, -0.15) is 0 Å². The fraction of sp³-hybridized carbons (Fsp3) is 0.167. The summed E-state index contributed by atoms with van der Waals surface area (Å²) in [4.78, 5) is 24.7. The molecule has 0 spiro atoms. The van der Waals surface area contributed by atoms with E-state index in [1.54, 1.807) is 31.4 Å². The Balaban J connectivity index is 1.55. The largest absolute Gasteiger partial charge is 0.496 e. The van der Waals surface area contributed by atoms with Crippen molar-refractivity contribution in [2.45, 2.75) is 13.3 Å². The highest BCUT2D eigenvalue weighted by Crippen LogP contribution is 2.17. The highest BCUT2D eigenvalue weighted by Gasteiger charge is 2.10. The number of para-hydroxylation sites is 1. The highest BCUT2D eigenvalue weighted by atomic mass is 16.5. The van der Waals surface area contributed by atoms with Crippen LogP contribution in [0.15, 0.2) is 72.8 Å². The van der Waals surface area contributed by atoms with Gasteiger partial charge in [-0.15, -0.1) is 0 Å². The summed E-state index contributed by atoms with van der Waals surface area (Å²) in [6.07, 6.45) is 0.673. The molecule has 148 valence electrons. The highest BCUT2D eigenvalue weighted by molar-refractivity contribution is 6.05. The van der Waals surface area contributed by atoms with Crippen molar-refractivity contribution in [3.63, 3.8) is 0 Å². The van der Waals surface area contributed by atoms with E-state index in [0.717, 1.165) is 22.6 Å². The molecule has 0 aliphatic heterocycles. The van der Waals surface area contributed by atoms with Gasteiger partial charge in [-0.3, -0.25) is 9.59 Å². The van der Waals surface area contributed by atoms with Gasteiger partial charge in [0.1, 0.15) is 5.75 Å². The molecule has 5 heteroatoms. The number of rotatable bonds is 7. The maximum atomic E-state index is 12.4. The van der Waals surface area contributed by atoms with Crippen LogP contribution in [0.3, 0.4) is 0 Å². The SMILES string of the molecule is COc1ccccc1CCNC(=O)c1ccc(C(=O)Nc2cccc(C)c2)cc1. The Morgan fingerprint density at radius 2 is 1.55 bits per heavy atom. The molecule has 2 N–H and O–H groups in total. The van der Waals surface area contributed by atoms with Gasteiger partial charge >= 0.3 is 0 Å². The second kappa shape index (κ2) is 9.55. The molecule has 0 aliphatic carbocycles. The molecule has 0 saturated carbocycles. The molecular weight excluding hydrogens is 364 g/mol. The van der Waals surface area contributed by atoms with Gasteiger partial charge in [0, 0.05) is 23.4 Å². The van der Waals surface area contributed by atoms with E-state index >= 15 is 0 Å². The van der Waals surface area contributed by atoms with Gasteiger partial charge in [0.15, 0.2) is 0 Å². The van der Waals surface area contributed by atoms with Gasteiger partial charge in [-0.25, -0.2) is 0 Å². The molecule has 2 amide bonds. The van der Waals surface area contributed by atoms with E-state index in [-0.39, 0.29) is 11.8 Å². The van der Waals surface area contributed by atoms with Crippen molar-refractivity contribution >= 4 is 17.5 Å². The maximum Gasteiger partial charge on any atom is 0.255 e. The Labute approximate surface area is 170 Å². The van der Waals surface area contributed by atoms with Crippen molar-refractivity contribution in [1.82, 2.24) is 5.32 Å². The van der Waals surface area contributed by atoms with Crippen molar-refractivity contribution in [1.29, 1.82) is 0 Å². The lowest BCUT2D eigenvalue weighted by Gasteiger charge is -2.10. The van der Waals surface area contributed by atoms with Crippen LogP contribution in [0.4, 0.5) is 5.69 Å². The van der Waals surface area contributed by atoms with Gasteiger partial charge in [0.2, 0.25) is 0 Å². The summed E-state index contributed by atoms with van der Waals surface area (Å²) in [7, 11) is 1.63. The van der Waals surface area contributed by atoms with Gasteiger partial charge in [0.05, 0.1) is 7.11 Å². The van der Waals surface area contributed by atoms with E-state index in [1.807, 2.05) is 55.5 Å². The molecule has 0 saturated heterocycles. The molecule has 0 unspecified atom stereocenters. The average Bonchev–Trinajstić information content (AvgIpc) is 2.74. The van der Waals surface area contributed by atoms with Crippen LogP contribution in [0.25, 0.3) is 0 Å². The minimum Gasteiger partial charge on any atom is -0.496 e. The van der Waals surface area contributed by atoms with E-state index in [9.17, 15) is 9.59 Å². The third-order valence-electron chi connectivity index (χ3n) is 4.56. The molecule has 0 aromatic heterocycles. The van der Waals surface area contributed by atoms with Gasteiger partial charge in [0.25, 0.3) is 11.8 Å². The van der Waals surface area contributed by atoms with Crippen molar-refractivity contribution in [2.24, 2.45) is 0 Å². The number of nitrogens with one attached hydrogen (secondary N) is 2. The average molecular weight is 388 g/mol. The number of carbonyl (C=O) groups excluding carboxylic acids is 2. The van der Waals surface area contributed by atoms with E-state index in [4.69, 9.17) is 4.74 Å². The Kier molecular flexibility index (Phi) is 6.63. The Hall–Kier alpha value is -3.60. The van der Waals surface area contributed by atoms with Crippen LogP contribution in [0.2, 0.25) is 0 Å². The molecule has 0 aliphatic rings. The summed E-state index contributed by atoms with van der Waals surface area (Å²) >= 11 is 0. The first-order valence-corrected chi connectivity index (χ1v) is 9.45. The molecule has 0 radical (unpaired) electrons. The number of amides is 2. The fourth-order valence-electron chi connectivity index (χ4n) is 3.02. The summed E-state index contributed by atoms with van der Waals surface area (Å²) in [5.74, 6) is 0.426. The molecule has 0 heterocycles. The van der Waals surface area contributed by atoms with Crippen LogP contribution >= 0.6 is 0 Å². The topological polar surface area (TPSA) is 67.4 Å². The fourth-order valence-corrected chi connectivity index (χ4v) is 3.02. The first kappa shape index (κ1) is 20.1. The minimum atomic E-state index is -0.210. The third-order valence-corrected chi connectivity index (χ3v) is 4.56. The molecule has 0 atom stereocenters. The summed E-state index contributed by atoms with van der Waals surface area (Å²) in [6, 6.07) is 22.0. The third kappa shape index (κ3) is 5.45. The maximum absolute atomic E-state index is 12.4. The lowest BCUT2D eigenvalue weighted by Crippen LogP contribution is -2.25. The Morgan fingerprint density at radius 1 is 0.862 bits per heavy atom. The second-order valence-corrected chi connectivity index (χ2v) is 6.72. The predicted octanol–water partition coefficient (Wildman–Crippen LogP) is 4.23. The number of anilines is 1. The molecule has 3 aromatic rings. The molecular formula is C24H24N2O3. The first-order valence-electron chi connectivity index (χ1n) is 9.45. The quantitative estimate of drug-likeness (QED) is 0.637. The summed E-state index contributed by atoms with van der Waals surface area (Å²) in [6.45, 7) is 2.46. The second-order valence-electron chi connectivity index (χ2n) is 6.72. The predicted molar refractivity (Wildman–Crippen MR) is 115 cm³/mol. The lowest BCUT2D eigenvalue weighted by atomic mass is 10.1. The van der Waals surface area contributed by atoms with Crippen LogP contribution in [0.5, 0.6) is 5.75 Å². The number of hydrogen-bond donors (Lipinski definition) is 2. The van der Waals surface area contributed by atoms with Crippen LogP contribution in [-0.4, -0.2) is 25.5 Å². The minimum absolute atomic E-state index is 0.175. The lowest BCUT2D eigenvalue weighted by molar-refractivity contribution is 0.0952. The molecule has 3 aromatic carbocycles. The molecule has 29 heavy (non-hydrogen) atoms. The summed E-state index contributed by atoms with van der Waals surface area (Å²) in [5, 5.41) is 5.76. The number of carbonyl (C=O) groups is 2. The summed E-state index contributed by atoms with van der Waals surface area (Å²) in [5.41, 5.74) is 3.86. The van der Waals surface area contributed by atoms with E-state index < -0.39 is 0 Å². The molecule has 3 rings (SSSR count). The Bertz CT molecular complexity index is 997. The number of ether oxygens (including phenoxy) is 1. The number of benzene rings is 3. The standard InChI is InChI=1S/C24H24N2O3/c1-17-6-5-8-21(16-17)26-24(28)20-12-10-19(11-13-20)23(27)25-15-14-18-7-3-4-9-22(18)29-2/h3-13,16H,14-15H2,1-2H3,(H,25,27)(H,26,28). The van der Waals surface area contributed by atoms with E-state index in [0.29, 0.717) is 24.1 Å². The number of aryl methyl sites for hydroxylation is 1. The van der Waals surface area contributed by atoms with Gasteiger partial charge in [-0.1, -0.05) is 30.3 Å². The van der Waals surface area contributed by atoms with Gasteiger partial charge in [-0.05, 0) is 66.9 Å². The van der Waals surface area contributed by atoms with Crippen molar-refractivity contribution < 1.29 is 14.3 Å². The van der Waals surface area contributed by atoms with Crippen molar-refractivity contribution in [2.75, 3.05) is 19.0 Å². The van der Waals surface area contributed by atoms with Crippen molar-refractivity contribution in [3.05, 3.63) is 95.1 Å². The van der Waals surface area contributed by atoms with E-state index in [2.05, 4.69) is 10.6 Å². The number of hydrogen-bond acceptors (Lipinski definition) is 3. The smallest absolute Gasteiger partial charge is 0.255 e. The normalized spacial score (nSPS) is 10.3. The van der Waals surface area contributed by atoms with Gasteiger partial charge < -0.3 is 15.4 Å². The Morgan fingerprint density at radius 3 is 2.24 bits per heavy atom. The first-order chi connectivity index (χ1) is 14.1. The zero-order valence-electron chi connectivity index (χ0n) is 16.6. The zero-order chi connectivity index (χ0) is 20.6. The van der Waals surface area contributed by atoms with Crippen LogP contribution in [0, 0.1) is 6.92 Å². The summed E-state index contributed by atoms with van der Waals surface area (Å²) < 4.78 is 5.32. The van der Waals surface area contributed by atoms with Crippen LogP contribution in [-0.2, 0) is 6.42 Å². The monoisotopic (exact) mass is 388 g/mol. The van der Waals surface area contributed by atoms with Crippen LogP contribution in [0.1, 0.15) is 31.8 Å². The molecule has 5 nitrogen and oxygen atoms in total. The van der Waals surface area contributed by atoms with E-state index in [1.165, 1.54) is 0 Å². The van der Waals surface area contributed by atoms with Crippen molar-refractivity contribution in [3.8, 4) is 5.75 Å².